The summed E-state index contributed by atoms with van der Waals surface area (Å²) in [6.07, 6.45) is 5.91. The molecule has 2 saturated heterocycles. The number of rotatable bonds is 10. The Kier molecular flexibility index (Phi) is 8.62. The van der Waals surface area contributed by atoms with E-state index < -0.39 is 18.2 Å². The highest BCUT2D eigenvalue weighted by Crippen LogP contribution is 2.47. The Morgan fingerprint density at radius 3 is 2.31 bits per heavy atom. The highest BCUT2D eigenvalue weighted by atomic mass is 19.1. The summed E-state index contributed by atoms with van der Waals surface area (Å²) in [5, 5.41) is 12.0. The van der Waals surface area contributed by atoms with E-state index in [9.17, 15) is 18.4 Å². The van der Waals surface area contributed by atoms with E-state index in [1.165, 1.54) is 17.7 Å². The molecule has 2 aromatic rings. The molecule has 39 heavy (non-hydrogen) atoms. The van der Waals surface area contributed by atoms with Gasteiger partial charge >= 0.3 is 5.97 Å². The fourth-order valence-electron chi connectivity index (χ4n) is 6.38. The van der Waals surface area contributed by atoms with Crippen LogP contribution in [-0.4, -0.2) is 53.2 Å². The molecule has 2 aliphatic heterocycles. The van der Waals surface area contributed by atoms with Crippen molar-refractivity contribution in [2.45, 2.75) is 82.1 Å². The maximum atomic E-state index is 13.5. The van der Waals surface area contributed by atoms with Gasteiger partial charge in [-0.3, -0.25) is 14.5 Å². The molecule has 8 heteroatoms. The predicted molar refractivity (Wildman–Crippen MR) is 143 cm³/mol. The first-order valence-electron chi connectivity index (χ1n) is 14.2. The normalized spacial score (nSPS) is 24.4. The third-order valence-corrected chi connectivity index (χ3v) is 8.74. The summed E-state index contributed by atoms with van der Waals surface area (Å²) < 4.78 is 33.2. The maximum Gasteiger partial charge on any atom is 0.303 e. The van der Waals surface area contributed by atoms with Crippen molar-refractivity contribution in [3.8, 4) is 0 Å². The minimum absolute atomic E-state index is 0.0226. The number of ether oxygens (including phenoxy) is 1. The van der Waals surface area contributed by atoms with Crippen molar-refractivity contribution in [2.24, 2.45) is 5.92 Å². The lowest BCUT2D eigenvalue weighted by Gasteiger charge is -2.45. The molecular formula is C31H38F2N2O4. The van der Waals surface area contributed by atoms with E-state index in [-0.39, 0.29) is 36.6 Å². The molecular weight excluding hydrogens is 502 g/mol. The lowest BCUT2D eigenvalue weighted by molar-refractivity contribution is -0.165. The van der Waals surface area contributed by atoms with E-state index >= 15 is 0 Å². The zero-order valence-electron chi connectivity index (χ0n) is 22.3. The second kappa shape index (κ2) is 12.1. The monoisotopic (exact) mass is 540 g/mol. The van der Waals surface area contributed by atoms with E-state index in [2.05, 4.69) is 10.2 Å². The highest BCUT2D eigenvalue weighted by molar-refractivity contribution is 5.86. The number of hydrogen-bond acceptors (Lipinski definition) is 4. The van der Waals surface area contributed by atoms with Gasteiger partial charge in [-0.25, -0.2) is 8.78 Å². The number of carbonyl (C=O) groups excluding carboxylic acids is 1. The summed E-state index contributed by atoms with van der Waals surface area (Å²) in [6, 6.07) is 12.4. The van der Waals surface area contributed by atoms with E-state index in [1.54, 1.807) is 12.1 Å². The molecule has 2 heterocycles. The van der Waals surface area contributed by atoms with Crippen molar-refractivity contribution in [3.05, 3.63) is 70.5 Å². The first-order chi connectivity index (χ1) is 18.9. The molecule has 2 aromatic carbocycles. The van der Waals surface area contributed by atoms with Gasteiger partial charge in [0, 0.05) is 19.0 Å². The molecule has 0 spiro atoms. The molecule has 3 fully saturated rings. The zero-order chi connectivity index (χ0) is 27.4. The zero-order valence-corrected chi connectivity index (χ0v) is 22.3. The van der Waals surface area contributed by atoms with Crippen LogP contribution >= 0.6 is 0 Å². The van der Waals surface area contributed by atoms with Crippen molar-refractivity contribution >= 4 is 11.9 Å². The quantitative estimate of drug-likeness (QED) is 0.437. The number of benzene rings is 2. The molecule has 2 N–H and O–H groups in total. The summed E-state index contributed by atoms with van der Waals surface area (Å²) in [5.41, 5.74) is 2.40. The van der Waals surface area contributed by atoms with Crippen LogP contribution in [0.4, 0.5) is 8.78 Å². The second-order valence-corrected chi connectivity index (χ2v) is 11.4. The van der Waals surface area contributed by atoms with Gasteiger partial charge < -0.3 is 15.2 Å². The molecule has 0 aromatic heterocycles. The SMILES string of the molecule is O=C(O)CCc1cc(CF)cc(CNC(=O)[C@@]2(C3CC3)CC[C@@H](N3CCC(c4ccc(F)cc4)CC3)CO2)c1. The number of likely N-dealkylation sites (tertiary alicyclic amines) is 1. The average Bonchev–Trinajstić information content (AvgIpc) is 3.81. The van der Waals surface area contributed by atoms with Gasteiger partial charge in [0.15, 0.2) is 0 Å². The van der Waals surface area contributed by atoms with Crippen LogP contribution in [0.3, 0.4) is 0 Å². The third kappa shape index (κ3) is 6.67. The molecule has 0 bridgehead atoms. The Morgan fingerprint density at radius 2 is 1.69 bits per heavy atom. The maximum absolute atomic E-state index is 13.5. The number of carbonyl (C=O) groups is 2. The van der Waals surface area contributed by atoms with Crippen LogP contribution in [0.2, 0.25) is 0 Å². The predicted octanol–water partition coefficient (Wildman–Crippen LogP) is 5.14. The molecule has 1 aliphatic carbocycles. The smallest absolute Gasteiger partial charge is 0.303 e. The minimum atomic E-state index is -0.896. The number of carboxylic acid groups (broad SMARTS) is 1. The van der Waals surface area contributed by atoms with Crippen molar-refractivity contribution in [2.75, 3.05) is 19.7 Å². The number of alkyl halides is 1. The summed E-state index contributed by atoms with van der Waals surface area (Å²) in [6.45, 7) is 2.08. The Hall–Kier alpha value is -2.84. The van der Waals surface area contributed by atoms with Crippen LogP contribution in [0.15, 0.2) is 42.5 Å². The number of piperidine rings is 1. The fourth-order valence-corrected chi connectivity index (χ4v) is 6.38. The fraction of sp³-hybridized carbons (Fsp3) is 0.548. The highest BCUT2D eigenvalue weighted by Gasteiger charge is 2.54. The molecule has 1 amide bonds. The number of aliphatic carboxylic acids is 1. The molecule has 2 atom stereocenters. The number of amides is 1. The lowest BCUT2D eigenvalue weighted by Crippen LogP contribution is -2.57. The van der Waals surface area contributed by atoms with Gasteiger partial charge in [-0.1, -0.05) is 30.3 Å². The van der Waals surface area contributed by atoms with Crippen LogP contribution in [0, 0.1) is 11.7 Å². The van der Waals surface area contributed by atoms with Gasteiger partial charge in [-0.15, -0.1) is 0 Å². The molecule has 210 valence electrons. The van der Waals surface area contributed by atoms with Gasteiger partial charge in [-0.05, 0) is 104 Å². The van der Waals surface area contributed by atoms with Gasteiger partial charge in [0.2, 0.25) is 0 Å². The Bertz CT molecular complexity index is 1150. The van der Waals surface area contributed by atoms with Gasteiger partial charge in [0.1, 0.15) is 18.1 Å². The molecule has 0 unspecified atom stereocenters. The van der Waals surface area contributed by atoms with Crippen LogP contribution in [0.5, 0.6) is 0 Å². The number of carboxylic acids is 1. The van der Waals surface area contributed by atoms with Crippen LogP contribution < -0.4 is 5.32 Å². The third-order valence-electron chi connectivity index (χ3n) is 8.74. The summed E-state index contributed by atoms with van der Waals surface area (Å²) >= 11 is 0. The summed E-state index contributed by atoms with van der Waals surface area (Å²) in [5.74, 6) is -0.523. The molecule has 6 nitrogen and oxygen atoms in total. The van der Waals surface area contributed by atoms with Crippen LogP contribution in [-0.2, 0) is 34.0 Å². The van der Waals surface area contributed by atoms with E-state index in [4.69, 9.17) is 9.84 Å². The van der Waals surface area contributed by atoms with Crippen LogP contribution in [0.25, 0.3) is 0 Å². The van der Waals surface area contributed by atoms with Crippen molar-refractivity contribution in [1.82, 2.24) is 10.2 Å². The summed E-state index contributed by atoms with van der Waals surface area (Å²) in [7, 11) is 0. The number of aryl methyl sites for hydroxylation is 1. The van der Waals surface area contributed by atoms with Crippen LogP contribution in [0.1, 0.15) is 73.1 Å². The molecule has 0 radical (unpaired) electrons. The number of nitrogens with one attached hydrogen (secondary N) is 1. The number of hydrogen-bond donors (Lipinski definition) is 2. The molecule has 5 rings (SSSR count). The Labute approximate surface area is 228 Å². The molecule has 1 saturated carbocycles. The molecule has 3 aliphatic rings. The standard InChI is InChI=1S/C31H38F2N2O4/c32-18-22-15-21(1-8-29(36)37)16-23(17-22)19-34-30(38)31(26-4-5-26)12-9-28(20-39-31)35-13-10-25(11-14-35)24-2-6-27(33)7-3-24/h2-3,6-7,15-17,25-26,28H,1,4-5,8-14,18-20H2,(H,34,38)(H,36,37)/t28-,31+/m1/s1. The Morgan fingerprint density at radius 1 is 1.00 bits per heavy atom. The van der Waals surface area contributed by atoms with Gasteiger partial charge in [0.05, 0.1) is 6.61 Å². The minimum Gasteiger partial charge on any atom is -0.481 e. The summed E-state index contributed by atoms with van der Waals surface area (Å²) in [4.78, 5) is 26.9. The first kappa shape index (κ1) is 27.7. The number of nitrogens with zero attached hydrogens (tertiary/aromatic N) is 1. The largest absolute Gasteiger partial charge is 0.481 e. The topological polar surface area (TPSA) is 78.9 Å². The van der Waals surface area contributed by atoms with E-state index in [0.717, 1.165) is 56.3 Å². The second-order valence-electron chi connectivity index (χ2n) is 11.4. The lowest BCUT2D eigenvalue weighted by atomic mass is 9.84. The average molecular weight is 541 g/mol. The van der Waals surface area contributed by atoms with E-state index in [0.29, 0.717) is 30.9 Å². The first-order valence-corrected chi connectivity index (χ1v) is 14.2. The Balaban J connectivity index is 1.16. The van der Waals surface area contributed by atoms with E-state index in [1.807, 2.05) is 18.2 Å². The van der Waals surface area contributed by atoms with Gasteiger partial charge in [-0.2, -0.15) is 0 Å². The van der Waals surface area contributed by atoms with Crippen molar-refractivity contribution in [3.63, 3.8) is 0 Å². The van der Waals surface area contributed by atoms with Gasteiger partial charge in [0.25, 0.3) is 5.91 Å². The number of halogens is 2. The van der Waals surface area contributed by atoms with Crippen molar-refractivity contribution in [1.29, 1.82) is 0 Å². The van der Waals surface area contributed by atoms with Crippen molar-refractivity contribution < 1.29 is 28.2 Å².